The van der Waals surface area contributed by atoms with Gasteiger partial charge in [-0.05, 0) is 38.7 Å². The van der Waals surface area contributed by atoms with Crippen LogP contribution >= 0.6 is 0 Å². The molecule has 1 aromatic heterocycles. The molecule has 0 amide bonds. The van der Waals surface area contributed by atoms with Crippen molar-refractivity contribution >= 4 is 0 Å². The van der Waals surface area contributed by atoms with E-state index < -0.39 is 0 Å². The highest BCUT2D eigenvalue weighted by Crippen LogP contribution is 2.29. The van der Waals surface area contributed by atoms with Crippen LogP contribution in [0.25, 0.3) is 0 Å². The molecule has 1 saturated carbocycles. The van der Waals surface area contributed by atoms with Crippen molar-refractivity contribution in [1.29, 1.82) is 0 Å². The van der Waals surface area contributed by atoms with Crippen LogP contribution in [0.4, 0.5) is 0 Å². The van der Waals surface area contributed by atoms with Crippen LogP contribution in [-0.2, 0) is 6.54 Å². The number of aromatic nitrogens is 1. The van der Waals surface area contributed by atoms with Crippen LogP contribution in [-0.4, -0.2) is 17.1 Å². The summed E-state index contributed by atoms with van der Waals surface area (Å²) in [6, 6.07) is 4.06. The first-order valence-corrected chi connectivity index (χ1v) is 7.36. The minimum absolute atomic E-state index is 0.137. The third-order valence-electron chi connectivity index (χ3n) is 3.62. The Morgan fingerprint density at radius 1 is 1.32 bits per heavy atom. The Morgan fingerprint density at radius 3 is 2.63 bits per heavy atom. The second kappa shape index (κ2) is 6.38. The zero-order valence-corrected chi connectivity index (χ0v) is 12.4. The maximum absolute atomic E-state index is 5.68. The first-order valence-electron chi connectivity index (χ1n) is 7.36. The van der Waals surface area contributed by atoms with Gasteiger partial charge >= 0.3 is 0 Å². The van der Waals surface area contributed by atoms with Gasteiger partial charge in [0.15, 0.2) is 0 Å². The molecule has 0 radical (unpaired) electrons. The Kier molecular flexibility index (Phi) is 4.81. The predicted octanol–water partition coefficient (Wildman–Crippen LogP) is 3.54. The van der Waals surface area contributed by atoms with Crippen molar-refractivity contribution in [1.82, 2.24) is 10.3 Å². The Morgan fingerprint density at radius 2 is 2.11 bits per heavy atom. The molecule has 0 aliphatic heterocycles. The van der Waals surface area contributed by atoms with Gasteiger partial charge in [-0.2, -0.15) is 0 Å². The Labute approximate surface area is 116 Å². The minimum atomic E-state index is 0.137. The molecule has 0 bridgehead atoms. The molecule has 19 heavy (non-hydrogen) atoms. The molecule has 3 heteroatoms. The lowest BCUT2D eigenvalue weighted by Gasteiger charge is -2.24. The van der Waals surface area contributed by atoms with E-state index in [1.54, 1.807) is 0 Å². The smallest absolute Gasteiger partial charge is 0.213 e. The molecule has 1 aliphatic carbocycles. The maximum Gasteiger partial charge on any atom is 0.213 e. The van der Waals surface area contributed by atoms with E-state index in [9.17, 15) is 0 Å². The lowest BCUT2D eigenvalue weighted by Crippen LogP contribution is -2.35. The van der Waals surface area contributed by atoms with Gasteiger partial charge < -0.3 is 10.1 Å². The molecule has 1 fully saturated rings. The van der Waals surface area contributed by atoms with E-state index in [-0.39, 0.29) is 5.54 Å². The number of hydrogen-bond acceptors (Lipinski definition) is 3. The van der Waals surface area contributed by atoms with Gasteiger partial charge in [-0.1, -0.05) is 25.3 Å². The van der Waals surface area contributed by atoms with E-state index in [0.717, 1.165) is 24.9 Å². The topological polar surface area (TPSA) is 34.1 Å². The van der Waals surface area contributed by atoms with E-state index in [0.29, 0.717) is 0 Å². The number of rotatable bonds is 6. The Hall–Kier alpha value is -1.09. The molecule has 106 valence electrons. The van der Waals surface area contributed by atoms with Crippen molar-refractivity contribution in [3.05, 3.63) is 23.9 Å². The standard InChI is InChI=1S/C16H26N2O/c1-16(2,3)18-12-14-7-8-15(17-11-14)19-10-9-13-5-4-6-13/h7-8,11,13,18H,4-6,9-10,12H2,1-3H3. The van der Waals surface area contributed by atoms with Crippen molar-refractivity contribution in [2.75, 3.05) is 6.61 Å². The van der Waals surface area contributed by atoms with Gasteiger partial charge in [0, 0.05) is 24.3 Å². The highest BCUT2D eigenvalue weighted by Gasteiger charge is 2.16. The van der Waals surface area contributed by atoms with Crippen molar-refractivity contribution in [2.45, 2.75) is 58.5 Å². The number of nitrogens with one attached hydrogen (secondary N) is 1. The molecule has 2 rings (SSSR count). The molecular weight excluding hydrogens is 236 g/mol. The van der Waals surface area contributed by atoms with E-state index in [4.69, 9.17) is 4.74 Å². The normalized spacial score (nSPS) is 16.2. The van der Waals surface area contributed by atoms with Gasteiger partial charge in [0.2, 0.25) is 5.88 Å². The maximum atomic E-state index is 5.68. The molecular formula is C16H26N2O. The second-order valence-corrected chi connectivity index (χ2v) is 6.54. The summed E-state index contributed by atoms with van der Waals surface area (Å²) in [6.07, 6.45) is 7.24. The molecule has 3 nitrogen and oxygen atoms in total. The Bertz CT molecular complexity index is 377. The third kappa shape index (κ3) is 5.19. The molecule has 1 aromatic rings. The summed E-state index contributed by atoms with van der Waals surface area (Å²) in [7, 11) is 0. The molecule has 0 unspecified atom stereocenters. The van der Waals surface area contributed by atoms with Crippen LogP contribution < -0.4 is 10.1 Å². The van der Waals surface area contributed by atoms with Crippen LogP contribution in [0.5, 0.6) is 5.88 Å². The first-order chi connectivity index (χ1) is 9.03. The summed E-state index contributed by atoms with van der Waals surface area (Å²) in [4.78, 5) is 4.36. The van der Waals surface area contributed by atoms with Crippen LogP contribution in [0.3, 0.4) is 0 Å². The lowest BCUT2D eigenvalue weighted by atomic mass is 9.83. The van der Waals surface area contributed by atoms with Crippen LogP contribution in [0.15, 0.2) is 18.3 Å². The van der Waals surface area contributed by atoms with Crippen molar-refractivity contribution in [3.63, 3.8) is 0 Å². The summed E-state index contributed by atoms with van der Waals surface area (Å²) < 4.78 is 5.68. The van der Waals surface area contributed by atoms with Gasteiger partial charge in [0.1, 0.15) is 0 Å². The van der Waals surface area contributed by atoms with E-state index in [1.807, 2.05) is 12.3 Å². The fourth-order valence-electron chi connectivity index (χ4n) is 2.08. The average molecular weight is 262 g/mol. The fourth-order valence-corrected chi connectivity index (χ4v) is 2.08. The lowest BCUT2D eigenvalue weighted by molar-refractivity contribution is 0.217. The van der Waals surface area contributed by atoms with Crippen molar-refractivity contribution < 1.29 is 4.74 Å². The zero-order chi connectivity index (χ0) is 13.7. The van der Waals surface area contributed by atoms with Crippen LogP contribution in [0, 0.1) is 5.92 Å². The summed E-state index contributed by atoms with van der Waals surface area (Å²) in [5.74, 6) is 1.65. The summed E-state index contributed by atoms with van der Waals surface area (Å²) >= 11 is 0. The molecule has 1 N–H and O–H groups in total. The molecule has 1 aliphatic rings. The number of hydrogen-bond donors (Lipinski definition) is 1. The zero-order valence-electron chi connectivity index (χ0n) is 12.4. The van der Waals surface area contributed by atoms with Gasteiger partial charge in [-0.15, -0.1) is 0 Å². The molecule has 0 spiro atoms. The first kappa shape index (κ1) is 14.3. The largest absolute Gasteiger partial charge is 0.478 e. The summed E-state index contributed by atoms with van der Waals surface area (Å²) in [5, 5.41) is 3.45. The molecule has 0 aromatic carbocycles. The number of ether oxygens (including phenoxy) is 1. The number of pyridine rings is 1. The monoisotopic (exact) mass is 262 g/mol. The SMILES string of the molecule is CC(C)(C)NCc1ccc(OCCC2CCC2)nc1. The van der Waals surface area contributed by atoms with Gasteiger partial charge in [0.05, 0.1) is 6.61 Å². The summed E-state index contributed by atoms with van der Waals surface area (Å²) in [6.45, 7) is 8.14. The van der Waals surface area contributed by atoms with Crippen LogP contribution in [0.2, 0.25) is 0 Å². The minimum Gasteiger partial charge on any atom is -0.478 e. The molecule has 0 saturated heterocycles. The average Bonchev–Trinajstić information content (AvgIpc) is 2.30. The van der Waals surface area contributed by atoms with Crippen LogP contribution in [0.1, 0.15) is 52.0 Å². The molecule has 1 heterocycles. The fraction of sp³-hybridized carbons (Fsp3) is 0.688. The van der Waals surface area contributed by atoms with Crippen molar-refractivity contribution in [3.8, 4) is 5.88 Å². The highest BCUT2D eigenvalue weighted by molar-refractivity contribution is 5.17. The quantitative estimate of drug-likeness (QED) is 0.851. The van der Waals surface area contributed by atoms with Gasteiger partial charge in [-0.25, -0.2) is 4.98 Å². The van der Waals surface area contributed by atoms with E-state index >= 15 is 0 Å². The summed E-state index contributed by atoms with van der Waals surface area (Å²) in [5.41, 5.74) is 1.33. The Balaban J connectivity index is 1.71. The second-order valence-electron chi connectivity index (χ2n) is 6.54. The highest BCUT2D eigenvalue weighted by atomic mass is 16.5. The predicted molar refractivity (Wildman–Crippen MR) is 78.3 cm³/mol. The molecule has 0 atom stereocenters. The van der Waals surface area contributed by atoms with Crippen molar-refractivity contribution in [2.24, 2.45) is 5.92 Å². The van der Waals surface area contributed by atoms with Gasteiger partial charge in [0.25, 0.3) is 0 Å². The van der Waals surface area contributed by atoms with E-state index in [2.05, 4.69) is 37.1 Å². The van der Waals surface area contributed by atoms with E-state index in [1.165, 1.54) is 31.2 Å². The third-order valence-corrected chi connectivity index (χ3v) is 3.62. The number of nitrogens with zero attached hydrogens (tertiary/aromatic N) is 1. The van der Waals surface area contributed by atoms with Gasteiger partial charge in [-0.3, -0.25) is 0 Å².